The molecule has 1 aliphatic carbocycles. The van der Waals surface area contributed by atoms with Gasteiger partial charge in [0.25, 0.3) is 5.91 Å². The molecular weight excluding hydrogens is 572 g/mol. The second kappa shape index (κ2) is 12.7. The van der Waals surface area contributed by atoms with E-state index in [2.05, 4.69) is 20.7 Å². The summed E-state index contributed by atoms with van der Waals surface area (Å²) in [5.74, 6) is 1.35. The Morgan fingerprint density at radius 2 is 1.74 bits per heavy atom. The minimum absolute atomic E-state index is 0.0457. The van der Waals surface area contributed by atoms with Crippen LogP contribution in [0.3, 0.4) is 0 Å². The van der Waals surface area contributed by atoms with Gasteiger partial charge in [0.2, 0.25) is 11.7 Å². The lowest BCUT2D eigenvalue weighted by atomic mass is 10.0. The summed E-state index contributed by atoms with van der Waals surface area (Å²) < 4.78 is 16.9. The second-order valence-corrected chi connectivity index (χ2v) is 10.8. The third-order valence-electron chi connectivity index (χ3n) is 7.54. The van der Waals surface area contributed by atoms with E-state index < -0.39 is 11.9 Å². The van der Waals surface area contributed by atoms with Crippen LogP contribution < -0.4 is 24.4 Å². The number of methoxy groups -OCH3 is 1. The Balaban J connectivity index is 1.38. The van der Waals surface area contributed by atoms with Gasteiger partial charge >= 0.3 is 0 Å². The van der Waals surface area contributed by atoms with Crippen molar-refractivity contribution in [3.8, 4) is 28.6 Å². The maximum absolute atomic E-state index is 14.3. The largest absolute Gasteiger partial charge is 0.497 e. The highest BCUT2D eigenvalue weighted by molar-refractivity contribution is 6.30. The lowest BCUT2D eigenvalue weighted by Gasteiger charge is -2.33. The summed E-state index contributed by atoms with van der Waals surface area (Å²) in [5.41, 5.74) is 1.79. The predicted molar refractivity (Wildman–Crippen MR) is 159 cm³/mol. The summed E-state index contributed by atoms with van der Waals surface area (Å²) in [6, 6.07) is 18.4. The molecule has 4 aromatic rings. The SMILES string of the molecule is COc1ccc([C@H](C(=O)NC2CCCC2)N(C(=O)Cn2nnc(-c3ccc(Cl)cc3)n2)c2ccc3c(c2)OCCO3)cc1. The molecule has 0 spiro atoms. The number of tetrazole rings is 1. The number of amides is 2. The fourth-order valence-electron chi connectivity index (χ4n) is 5.40. The lowest BCUT2D eigenvalue weighted by Crippen LogP contribution is -2.47. The van der Waals surface area contributed by atoms with Crippen molar-refractivity contribution in [1.82, 2.24) is 25.5 Å². The maximum atomic E-state index is 14.3. The van der Waals surface area contributed by atoms with Gasteiger partial charge in [-0.15, -0.1) is 10.2 Å². The Hall–Kier alpha value is -4.64. The summed E-state index contributed by atoms with van der Waals surface area (Å²) in [4.78, 5) is 31.0. The van der Waals surface area contributed by atoms with E-state index in [1.165, 1.54) is 9.70 Å². The molecule has 43 heavy (non-hydrogen) atoms. The number of ether oxygens (including phenoxy) is 3. The minimum atomic E-state index is -0.999. The van der Waals surface area contributed by atoms with Crippen LogP contribution in [-0.4, -0.2) is 58.4 Å². The Bertz CT molecular complexity index is 1590. The molecule has 1 N–H and O–H groups in total. The highest BCUT2D eigenvalue weighted by Gasteiger charge is 2.35. The number of carbonyl (C=O) groups is 2. The zero-order chi connectivity index (χ0) is 29.8. The predicted octanol–water partition coefficient (Wildman–Crippen LogP) is 4.61. The maximum Gasteiger partial charge on any atom is 0.251 e. The average molecular weight is 603 g/mol. The third-order valence-corrected chi connectivity index (χ3v) is 7.80. The van der Waals surface area contributed by atoms with Gasteiger partial charge in [0.15, 0.2) is 11.5 Å². The van der Waals surface area contributed by atoms with Gasteiger partial charge in [0, 0.05) is 28.4 Å². The van der Waals surface area contributed by atoms with Crippen LogP contribution in [0.15, 0.2) is 66.7 Å². The fraction of sp³-hybridized carbons (Fsp3) is 0.323. The van der Waals surface area contributed by atoms with Gasteiger partial charge in [0.05, 0.1) is 7.11 Å². The molecule has 0 unspecified atom stereocenters. The molecule has 2 heterocycles. The number of fused-ring (bicyclic) bond motifs is 1. The van der Waals surface area contributed by atoms with E-state index in [9.17, 15) is 9.59 Å². The van der Waals surface area contributed by atoms with E-state index in [0.29, 0.717) is 58.1 Å². The van der Waals surface area contributed by atoms with Crippen LogP contribution in [0.2, 0.25) is 5.02 Å². The molecule has 1 fully saturated rings. The second-order valence-electron chi connectivity index (χ2n) is 10.4. The number of anilines is 1. The van der Waals surface area contributed by atoms with E-state index in [0.717, 1.165) is 25.7 Å². The molecule has 2 amide bonds. The van der Waals surface area contributed by atoms with Gasteiger partial charge in [-0.05, 0) is 72.1 Å². The molecule has 1 atom stereocenters. The van der Waals surface area contributed by atoms with Crippen molar-refractivity contribution in [3.05, 3.63) is 77.3 Å². The number of nitrogens with zero attached hydrogens (tertiary/aromatic N) is 5. The first-order valence-electron chi connectivity index (χ1n) is 14.2. The van der Waals surface area contributed by atoms with Gasteiger partial charge in [-0.1, -0.05) is 36.6 Å². The Morgan fingerprint density at radius 3 is 2.47 bits per heavy atom. The molecule has 3 aromatic carbocycles. The van der Waals surface area contributed by atoms with E-state index in [4.69, 9.17) is 25.8 Å². The first-order chi connectivity index (χ1) is 21.0. The number of rotatable bonds is 9. The van der Waals surface area contributed by atoms with E-state index >= 15 is 0 Å². The monoisotopic (exact) mass is 602 g/mol. The van der Waals surface area contributed by atoms with Gasteiger partial charge in [-0.25, -0.2) is 0 Å². The minimum Gasteiger partial charge on any atom is -0.497 e. The van der Waals surface area contributed by atoms with Gasteiger partial charge < -0.3 is 19.5 Å². The molecule has 12 heteroatoms. The number of aromatic nitrogens is 4. The number of halogens is 1. The molecule has 0 bridgehead atoms. The topological polar surface area (TPSA) is 121 Å². The fourth-order valence-corrected chi connectivity index (χ4v) is 5.52. The van der Waals surface area contributed by atoms with Crippen molar-refractivity contribution in [2.24, 2.45) is 0 Å². The molecule has 1 aromatic heterocycles. The van der Waals surface area contributed by atoms with E-state index in [-0.39, 0.29) is 18.5 Å². The number of nitrogens with one attached hydrogen (secondary N) is 1. The summed E-state index contributed by atoms with van der Waals surface area (Å²) >= 11 is 6.02. The van der Waals surface area contributed by atoms with Crippen molar-refractivity contribution >= 4 is 29.1 Å². The highest BCUT2D eigenvalue weighted by Crippen LogP contribution is 2.38. The van der Waals surface area contributed by atoms with Gasteiger partial charge in [0.1, 0.15) is 31.5 Å². The Morgan fingerprint density at radius 1 is 1.02 bits per heavy atom. The van der Waals surface area contributed by atoms with Crippen LogP contribution in [0, 0.1) is 0 Å². The number of hydrogen-bond donors (Lipinski definition) is 1. The van der Waals surface area contributed by atoms with Crippen molar-refractivity contribution in [1.29, 1.82) is 0 Å². The summed E-state index contributed by atoms with van der Waals surface area (Å²) in [6.45, 7) is 0.546. The molecule has 222 valence electrons. The van der Waals surface area contributed by atoms with E-state index in [1.54, 1.807) is 73.8 Å². The van der Waals surface area contributed by atoms with Crippen LogP contribution >= 0.6 is 11.6 Å². The molecule has 2 aliphatic rings. The first-order valence-corrected chi connectivity index (χ1v) is 14.6. The third kappa shape index (κ3) is 6.41. The van der Waals surface area contributed by atoms with Crippen LogP contribution in [0.1, 0.15) is 37.3 Å². The van der Waals surface area contributed by atoms with Gasteiger partial charge in [-0.2, -0.15) is 4.80 Å². The normalized spacial score (nSPS) is 15.1. The number of hydrogen-bond acceptors (Lipinski definition) is 8. The molecule has 1 aliphatic heterocycles. The van der Waals surface area contributed by atoms with Crippen LogP contribution in [0.25, 0.3) is 11.4 Å². The van der Waals surface area contributed by atoms with Crippen molar-refractivity contribution in [2.45, 2.75) is 44.3 Å². The Labute approximate surface area is 253 Å². The Kier molecular flexibility index (Phi) is 8.41. The van der Waals surface area contributed by atoms with Crippen LogP contribution in [-0.2, 0) is 16.1 Å². The van der Waals surface area contributed by atoms with Crippen molar-refractivity contribution in [2.75, 3.05) is 25.2 Å². The molecule has 0 radical (unpaired) electrons. The quantitative estimate of drug-likeness (QED) is 0.295. The zero-order valence-corrected chi connectivity index (χ0v) is 24.4. The molecule has 0 saturated heterocycles. The first kappa shape index (κ1) is 28.5. The molecule has 6 rings (SSSR count). The highest BCUT2D eigenvalue weighted by atomic mass is 35.5. The lowest BCUT2D eigenvalue weighted by molar-refractivity contribution is -0.127. The molecular formula is C31H31ClN6O5. The molecule has 11 nitrogen and oxygen atoms in total. The summed E-state index contributed by atoms with van der Waals surface area (Å²) in [5, 5.41) is 16.4. The van der Waals surface area contributed by atoms with Crippen molar-refractivity contribution in [3.63, 3.8) is 0 Å². The summed E-state index contributed by atoms with van der Waals surface area (Å²) in [7, 11) is 1.58. The smallest absolute Gasteiger partial charge is 0.251 e. The number of benzene rings is 3. The zero-order valence-electron chi connectivity index (χ0n) is 23.6. The standard InChI is InChI=1S/C31H31ClN6O5/c1-41-25-13-8-20(9-14-25)29(31(40)33-23-4-2-3-5-23)38(24-12-15-26-27(18-24)43-17-16-42-26)28(39)19-37-35-30(34-36-37)21-6-10-22(32)11-7-21/h6-15,18,23,29H,2-5,16-17,19H2,1H3,(H,33,40)/t29-/m1/s1. The summed E-state index contributed by atoms with van der Waals surface area (Å²) in [6.07, 6.45) is 3.90. The van der Waals surface area contributed by atoms with E-state index in [1.807, 2.05) is 0 Å². The van der Waals surface area contributed by atoms with Crippen molar-refractivity contribution < 1.29 is 23.8 Å². The van der Waals surface area contributed by atoms with Gasteiger partial charge in [-0.3, -0.25) is 14.5 Å². The van der Waals surface area contributed by atoms with Crippen LogP contribution in [0.5, 0.6) is 17.2 Å². The number of carbonyl (C=O) groups excluding carboxylic acids is 2. The average Bonchev–Trinajstić information content (AvgIpc) is 3.72. The van der Waals surface area contributed by atoms with Crippen LogP contribution in [0.4, 0.5) is 5.69 Å². The molecule has 1 saturated carbocycles.